The lowest BCUT2D eigenvalue weighted by Crippen LogP contribution is -2.17. The maximum absolute atomic E-state index is 13.7. The van der Waals surface area contributed by atoms with E-state index in [2.05, 4.69) is 25.6 Å². The van der Waals surface area contributed by atoms with E-state index in [1.807, 2.05) is 0 Å². The summed E-state index contributed by atoms with van der Waals surface area (Å²) in [6, 6.07) is 9.41. The quantitative estimate of drug-likeness (QED) is 0.276. The molecular formula is C25H20F3N7O3S. The van der Waals surface area contributed by atoms with E-state index < -0.39 is 23.7 Å². The van der Waals surface area contributed by atoms with Crippen LogP contribution >= 0.6 is 11.3 Å². The van der Waals surface area contributed by atoms with Crippen LogP contribution in [0, 0.1) is 6.92 Å². The highest BCUT2D eigenvalue weighted by molar-refractivity contribution is 7.21. The summed E-state index contributed by atoms with van der Waals surface area (Å²) in [4.78, 5) is 29.1. The highest BCUT2D eigenvalue weighted by atomic mass is 32.1. The molecule has 0 saturated carbocycles. The smallest absolute Gasteiger partial charge is 0.433 e. The first-order valence-electron chi connectivity index (χ1n) is 11.3. The number of benzene rings is 1. The van der Waals surface area contributed by atoms with Gasteiger partial charge < -0.3 is 15.8 Å². The second-order valence-electron chi connectivity index (χ2n) is 8.52. The number of hydrogen-bond donors (Lipinski definition) is 3. The summed E-state index contributed by atoms with van der Waals surface area (Å²) in [6.07, 6.45) is -3.35. The largest absolute Gasteiger partial charge is 0.497 e. The van der Waals surface area contributed by atoms with Gasteiger partial charge in [-0.2, -0.15) is 23.4 Å². The zero-order valence-corrected chi connectivity index (χ0v) is 21.5. The fourth-order valence-electron chi connectivity index (χ4n) is 4.06. The predicted molar refractivity (Wildman–Crippen MR) is 139 cm³/mol. The number of H-pyrrole nitrogens is 1. The van der Waals surface area contributed by atoms with Crippen LogP contribution in [0.25, 0.3) is 32.6 Å². The lowest BCUT2D eigenvalue weighted by molar-refractivity contribution is -0.140. The number of aromatic amines is 1. The van der Waals surface area contributed by atoms with Gasteiger partial charge in [0.05, 0.1) is 24.7 Å². The minimum absolute atomic E-state index is 0.0431. The number of pyridine rings is 1. The summed E-state index contributed by atoms with van der Waals surface area (Å²) in [5.74, 6) is -1.02. The number of ether oxygens (including phenoxy) is 1. The standard InChI is InChI=1S/C25H20F3N7O3S/c1-11-15(10-30-35(11)2)14-8-18(25(26,27)28)31-24-19(14)20(21(39-24)22(29)36)32-23(37)17-9-16(33-34-17)12-5-4-6-13(7-12)38-3/h4-10H,1-3H3,(H2,29,36)(H,32,37)(H,33,34). The number of aromatic nitrogens is 5. The average Bonchev–Trinajstić information content (AvgIpc) is 3.61. The lowest BCUT2D eigenvalue weighted by Gasteiger charge is -2.12. The Kier molecular flexibility index (Phi) is 6.34. The summed E-state index contributed by atoms with van der Waals surface area (Å²) >= 11 is 0.660. The Morgan fingerprint density at radius 2 is 1.95 bits per heavy atom. The van der Waals surface area contributed by atoms with Gasteiger partial charge >= 0.3 is 6.18 Å². The first-order valence-corrected chi connectivity index (χ1v) is 12.1. The van der Waals surface area contributed by atoms with E-state index in [4.69, 9.17) is 10.5 Å². The summed E-state index contributed by atoms with van der Waals surface area (Å²) in [5, 5.41) is 13.7. The fraction of sp³-hybridized carbons (Fsp3) is 0.160. The Morgan fingerprint density at radius 3 is 2.59 bits per heavy atom. The van der Waals surface area contributed by atoms with Crippen LogP contribution < -0.4 is 15.8 Å². The Hall–Kier alpha value is -4.72. The molecule has 0 radical (unpaired) electrons. The van der Waals surface area contributed by atoms with E-state index in [1.165, 1.54) is 24.1 Å². The molecule has 0 aliphatic carbocycles. The van der Waals surface area contributed by atoms with Crippen molar-refractivity contribution in [3.63, 3.8) is 0 Å². The van der Waals surface area contributed by atoms with Crippen LogP contribution in [0.2, 0.25) is 0 Å². The van der Waals surface area contributed by atoms with Crippen LogP contribution in [0.3, 0.4) is 0 Å². The fourth-order valence-corrected chi connectivity index (χ4v) is 5.07. The third-order valence-electron chi connectivity index (χ3n) is 6.13. The van der Waals surface area contributed by atoms with Crippen molar-refractivity contribution < 1.29 is 27.5 Å². The second-order valence-corrected chi connectivity index (χ2v) is 9.52. The molecule has 2 amide bonds. The van der Waals surface area contributed by atoms with Crippen molar-refractivity contribution in [2.75, 3.05) is 12.4 Å². The van der Waals surface area contributed by atoms with Crippen LogP contribution in [0.1, 0.15) is 31.5 Å². The first-order chi connectivity index (χ1) is 18.5. The number of hydrogen-bond acceptors (Lipinski definition) is 7. The zero-order valence-electron chi connectivity index (χ0n) is 20.7. The zero-order chi connectivity index (χ0) is 28.1. The van der Waals surface area contributed by atoms with Crippen molar-refractivity contribution in [1.29, 1.82) is 0 Å². The van der Waals surface area contributed by atoms with Gasteiger partial charge in [-0.25, -0.2) is 4.98 Å². The molecule has 0 aliphatic rings. The minimum atomic E-state index is -4.76. The van der Waals surface area contributed by atoms with E-state index >= 15 is 0 Å². The molecule has 14 heteroatoms. The Bertz CT molecular complexity index is 1750. The van der Waals surface area contributed by atoms with Gasteiger partial charge in [0, 0.05) is 29.3 Å². The van der Waals surface area contributed by atoms with Gasteiger partial charge in [-0.1, -0.05) is 12.1 Å². The van der Waals surface area contributed by atoms with Crippen LogP contribution in [0.15, 0.2) is 42.6 Å². The monoisotopic (exact) mass is 555 g/mol. The van der Waals surface area contributed by atoms with E-state index in [1.54, 1.807) is 38.2 Å². The van der Waals surface area contributed by atoms with Crippen LogP contribution in [0.4, 0.5) is 18.9 Å². The molecule has 0 spiro atoms. The average molecular weight is 556 g/mol. The molecule has 5 aromatic rings. The Balaban J connectivity index is 1.64. The number of primary amides is 1. The van der Waals surface area contributed by atoms with Crippen molar-refractivity contribution in [1.82, 2.24) is 25.0 Å². The Morgan fingerprint density at radius 1 is 1.18 bits per heavy atom. The SMILES string of the molecule is COc1cccc(-c2cc(C(=O)Nc3c(C(N)=O)sc4nc(C(F)(F)F)cc(-c5cnn(C)c5C)c34)[nH]n2)c1. The molecule has 0 unspecified atom stereocenters. The number of aryl methyl sites for hydroxylation is 1. The number of nitrogens with one attached hydrogen (secondary N) is 2. The number of carbonyl (C=O) groups is 2. The number of anilines is 1. The number of fused-ring (bicyclic) bond motifs is 1. The Labute approximate surface area is 222 Å². The number of carbonyl (C=O) groups excluding carboxylic acids is 2. The molecule has 10 nitrogen and oxygen atoms in total. The lowest BCUT2D eigenvalue weighted by atomic mass is 10.0. The normalized spacial score (nSPS) is 11.6. The van der Waals surface area contributed by atoms with Crippen molar-refractivity contribution in [2.45, 2.75) is 13.1 Å². The molecule has 4 heterocycles. The van der Waals surface area contributed by atoms with Gasteiger partial charge in [0.15, 0.2) is 0 Å². The molecule has 0 fully saturated rings. The van der Waals surface area contributed by atoms with Gasteiger partial charge in [0.2, 0.25) is 0 Å². The number of amides is 2. The predicted octanol–water partition coefficient (Wildman–Crippen LogP) is 4.77. The molecule has 200 valence electrons. The van der Waals surface area contributed by atoms with Gasteiger partial charge in [-0.15, -0.1) is 11.3 Å². The van der Waals surface area contributed by atoms with Crippen molar-refractivity contribution >= 4 is 39.1 Å². The topological polar surface area (TPSA) is 141 Å². The number of halogens is 3. The number of thiophene rings is 1. The van der Waals surface area contributed by atoms with E-state index in [-0.39, 0.29) is 32.0 Å². The summed E-state index contributed by atoms with van der Waals surface area (Å²) in [7, 11) is 3.17. The molecular weight excluding hydrogens is 535 g/mol. The molecule has 0 bridgehead atoms. The van der Waals surface area contributed by atoms with Gasteiger partial charge in [0.1, 0.15) is 26.8 Å². The van der Waals surface area contributed by atoms with Crippen molar-refractivity contribution in [3.05, 3.63) is 64.6 Å². The van der Waals surface area contributed by atoms with E-state index in [0.29, 0.717) is 39.6 Å². The van der Waals surface area contributed by atoms with Crippen LogP contribution in [0.5, 0.6) is 5.75 Å². The van der Waals surface area contributed by atoms with Gasteiger partial charge in [-0.05, 0) is 36.8 Å². The number of rotatable bonds is 6. The highest BCUT2D eigenvalue weighted by Gasteiger charge is 2.35. The highest BCUT2D eigenvalue weighted by Crippen LogP contribution is 2.44. The molecule has 5 rings (SSSR count). The first kappa shape index (κ1) is 25.9. The molecule has 0 aliphatic heterocycles. The van der Waals surface area contributed by atoms with Gasteiger partial charge in [-0.3, -0.25) is 19.4 Å². The van der Waals surface area contributed by atoms with Crippen LogP contribution in [-0.2, 0) is 13.2 Å². The summed E-state index contributed by atoms with van der Waals surface area (Å²) < 4.78 is 48.0. The minimum Gasteiger partial charge on any atom is -0.497 e. The molecule has 0 atom stereocenters. The molecule has 4 N–H and O–H groups in total. The third kappa shape index (κ3) is 4.69. The second kappa shape index (κ2) is 9.54. The van der Waals surface area contributed by atoms with Crippen molar-refractivity contribution in [3.8, 4) is 28.1 Å². The number of nitrogens with zero attached hydrogens (tertiary/aromatic N) is 4. The summed E-state index contributed by atoms with van der Waals surface area (Å²) in [5.41, 5.74) is 6.58. The maximum Gasteiger partial charge on any atom is 0.433 e. The number of methoxy groups -OCH3 is 1. The van der Waals surface area contributed by atoms with Crippen molar-refractivity contribution in [2.24, 2.45) is 12.8 Å². The number of nitrogens with two attached hydrogens (primary N) is 1. The maximum atomic E-state index is 13.7. The molecule has 39 heavy (non-hydrogen) atoms. The molecule has 4 aromatic heterocycles. The molecule has 1 aromatic carbocycles. The van der Waals surface area contributed by atoms with E-state index in [9.17, 15) is 22.8 Å². The van der Waals surface area contributed by atoms with Crippen LogP contribution in [-0.4, -0.2) is 43.9 Å². The third-order valence-corrected chi connectivity index (χ3v) is 7.23. The van der Waals surface area contributed by atoms with E-state index in [0.717, 1.165) is 6.07 Å². The van der Waals surface area contributed by atoms with Gasteiger partial charge in [0.25, 0.3) is 11.8 Å². The summed E-state index contributed by atoms with van der Waals surface area (Å²) in [6.45, 7) is 1.69. The molecule has 0 saturated heterocycles. The number of alkyl halides is 3.